The molecule has 3 aromatic carbocycles. The van der Waals surface area contributed by atoms with E-state index >= 15 is 0 Å². The van der Waals surface area contributed by atoms with E-state index in [-0.39, 0.29) is 5.69 Å². The van der Waals surface area contributed by atoms with Gasteiger partial charge in [-0.05, 0) is 36.4 Å². The third-order valence-corrected chi connectivity index (χ3v) is 5.59. The number of carbonyl (C=O) groups is 1. The average molecular weight is 500 g/mol. The van der Waals surface area contributed by atoms with Crippen LogP contribution in [0, 0.1) is 0 Å². The van der Waals surface area contributed by atoms with Gasteiger partial charge < -0.3 is 4.74 Å². The minimum atomic E-state index is -0.454. The number of aromatic nitrogens is 2. The molecule has 0 bridgehead atoms. The molecule has 0 atom stereocenters. The van der Waals surface area contributed by atoms with E-state index in [1.165, 1.54) is 6.21 Å². The first kappa shape index (κ1) is 22.9. The molecule has 0 fully saturated rings. The van der Waals surface area contributed by atoms with Crippen LogP contribution >= 0.6 is 34.8 Å². The topological polar surface area (TPSA) is 79.4 Å². The van der Waals surface area contributed by atoms with Crippen LogP contribution in [0.25, 0.3) is 11.3 Å². The van der Waals surface area contributed by atoms with Crippen LogP contribution < -0.4 is 10.2 Å². The maximum atomic E-state index is 12.5. The van der Waals surface area contributed by atoms with Crippen LogP contribution in [0.2, 0.25) is 15.1 Å². The van der Waals surface area contributed by atoms with E-state index in [0.717, 1.165) is 11.1 Å². The second kappa shape index (κ2) is 10.5. The van der Waals surface area contributed by atoms with Gasteiger partial charge in [0.05, 0.1) is 16.9 Å². The number of nitrogens with zero attached hydrogens (tertiary/aromatic N) is 2. The summed E-state index contributed by atoms with van der Waals surface area (Å²) in [6.45, 7) is 0.302. The van der Waals surface area contributed by atoms with Gasteiger partial charge in [-0.25, -0.2) is 5.43 Å². The summed E-state index contributed by atoms with van der Waals surface area (Å²) in [6.07, 6.45) is 1.44. The lowest BCUT2D eigenvalue weighted by atomic mass is 10.1. The second-order valence-corrected chi connectivity index (χ2v) is 8.16. The van der Waals surface area contributed by atoms with Gasteiger partial charge in [0.2, 0.25) is 0 Å². The summed E-state index contributed by atoms with van der Waals surface area (Å²) in [5, 5.41) is 12.5. The number of halogens is 3. The molecule has 0 saturated heterocycles. The molecule has 1 heterocycles. The minimum absolute atomic E-state index is 0.241. The van der Waals surface area contributed by atoms with Crippen molar-refractivity contribution in [2.24, 2.45) is 5.10 Å². The van der Waals surface area contributed by atoms with Gasteiger partial charge in [0, 0.05) is 26.7 Å². The van der Waals surface area contributed by atoms with Crippen LogP contribution in [-0.4, -0.2) is 22.3 Å². The monoisotopic (exact) mass is 498 g/mol. The molecule has 1 amide bonds. The van der Waals surface area contributed by atoms with Crippen molar-refractivity contribution < 1.29 is 9.53 Å². The average Bonchev–Trinajstić information content (AvgIpc) is 3.30. The van der Waals surface area contributed by atoms with Crippen molar-refractivity contribution in [2.75, 3.05) is 0 Å². The zero-order valence-electron chi connectivity index (χ0n) is 17.1. The highest BCUT2D eigenvalue weighted by atomic mass is 35.5. The Bertz CT molecular complexity index is 1320. The molecule has 6 nitrogen and oxygen atoms in total. The molecule has 0 radical (unpaired) electrons. The van der Waals surface area contributed by atoms with Crippen molar-refractivity contribution in [2.45, 2.75) is 6.61 Å². The number of para-hydroxylation sites is 1. The number of hydrogen-bond acceptors (Lipinski definition) is 4. The highest BCUT2D eigenvalue weighted by Gasteiger charge is 2.14. The number of H-pyrrole nitrogens is 1. The van der Waals surface area contributed by atoms with Crippen molar-refractivity contribution in [3.05, 3.63) is 105 Å². The lowest BCUT2D eigenvalue weighted by Gasteiger charge is -2.11. The molecular weight excluding hydrogens is 483 g/mol. The zero-order valence-corrected chi connectivity index (χ0v) is 19.3. The van der Waals surface area contributed by atoms with Gasteiger partial charge in [0.15, 0.2) is 0 Å². The minimum Gasteiger partial charge on any atom is -0.488 e. The first-order chi connectivity index (χ1) is 16.0. The lowest BCUT2D eigenvalue weighted by Crippen LogP contribution is -2.18. The van der Waals surface area contributed by atoms with Crippen molar-refractivity contribution in [1.82, 2.24) is 15.6 Å². The molecule has 4 rings (SSSR count). The molecule has 0 unspecified atom stereocenters. The number of ether oxygens (including phenoxy) is 1. The molecular formula is C24H17Cl3N4O2. The van der Waals surface area contributed by atoms with Crippen molar-refractivity contribution in [3.8, 4) is 17.0 Å². The lowest BCUT2D eigenvalue weighted by molar-refractivity contribution is 0.0950. The van der Waals surface area contributed by atoms with Crippen molar-refractivity contribution in [1.29, 1.82) is 0 Å². The molecule has 0 aliphatic rings. The summed E-state index contributed by atoms with van der Waals surface area (Å²) in [7, 11) is 0. The maximum absolute atomic E-state index is 12.5. The fourth-order valence-electron chi connectivity index (χ4n) is 2.98. The Balaban J connectivity index is 1.45. The van der Waals surface area contributed by atoms with Gasteiger partial charge in [-0.2, -0.15) is 10.2 Å². The Morgan fingerprint density at radius 1 is 1.00 bits per heavy atom. The molecule has 166 valence electrons. The Kier molecular flexibility index (Phi) is 7.29. The first-order valence-electron chi connectivity index (χ1n) is 9.81. The van der Waals surface area contributed by atoms with Crippen molar-refractivity contribution >= 4 is 46.9 Å². The van der Waals surface area contributed by atoms with Crippen LogP contribution in [0.3, 0.4) is 0 Å². The summed E-state index contributed by atoms with van der Waals surface area (Å²) in [6, 6.07) is 21.5. The van der Waals surface area contributed by atoms with Gasteiger partial charge in [-0.15, -0.1) is 0 Å². The van der Waals surface area contributed by atoms with E-state index in [2.05, 4.69) is 20.7 Å². The third-order valence-electron chi connectivity index (χ3n) is 4.66. The Morgan fingerprint density at radius 3 is 2.61 bits per heavy atom. The predicted octanol–water partition coefficient (Wildman–Crippen LogP) is 6.38. The van der Waals surface area contributed by atoms with E-state index in [4.69, 9.17) is 39.5 Å². The van der Waals surface area contributed by atoms with E-state index in [9.17, 15) is 4.79 Å². The molecule has 1 aromatic heterocycles. The van der Waals surface area contributed by atoms with E-state index in [1.807, 2.05) is 48.5 Å². The van der Waals surface area contributed by atoms with Crippen LogP contribution in [0.15, 0.2) is 77.9 Å². The van der Waals surface area contributed by atoms with Gasteiger partial charge >= 0.3 is 0 Å². The van der Waals surface area contributed by atoms with Gasteiger partial charge in [0.1, 0.15) is 18.1 Å². The summed E-state index contributed by atoms with van der Waals surface area (Å²) < 4.78 is 5.98. The maximum Gasteiger partial charge on any atom is 0.289 e. The SMILES string of the molecule is O=C(N/N=C/c1ccc(Cl)cc1Cl)c1cc(-c2ccccc2OCc2ccccc2Cl)n[nH]1. The normalized spacial score (nSPS) is 11.0. The Labute approximate surface area is 205 Å². The largest absolute Gasteiger partial charge is 0.488 e. The van der Waals surface area contributed by atoms with Crippen molar-refractivity contribution in [3.63, 3.8) is 0 Å². The number of hydrazone groups is 1. The number of aromatic amines is 1. The highest BCUT2D eigenvalue weighted by Crippen LogP contribution is 2.30. The number of benzene rings is 3. The molecule has 9 heteroatoms. The summed E-state index contributed by atoms with van der Waals surface area (Å²) >= 11 is 18.2. The molecule has 0 aliphatic carbocycles. The fourth-order valence-corrected chi connectivity index (χ4v) is 3.63. The molecule has 0 spiro atoms. The van der Waals surface area contributed by atoms with E-state index in [1.54, 1.807) is 24.3 Å². The second-order valence-electron chi connectivity index (χ2n) is 6.91. The molecule has 4 aromatic rings. The van der Waals surface area contributed by atoms with E-state index < -0.39 is 5.91 Å². The van der Waals surface area contributed by atoms with Crippen LogP contribution in [-0.2, 0) is 6.61 Å². The van der Waals surface area contributed by atoms with Gasteiger partial charge in [0.25, 0.3) is 5.91 Å². The number of rotatable bonds is 7. The molecule has 0 saturated carbocycles. The van der Waals surface area contributed by atoms with E-state index in [0.29, 0.717) is 38.7 Å². The Hall–Kier alpha value is -3.32. The zero-order chi connectivity index (χ0) is 23.2. The smallest absolute Gasteiger partial charge is 0.289 e. The fraction of sp³-hybridized carbons (Fsp3) is 0.0417. The van der Waals surface area contributed by atoms with Crippen LogP contribution in [0.4, 0.5) is 0 Å². The van der Waals surface area contributed by atoms with Gasteiger partial charge in [-0.1, -0.05) is 71.2 Å². The van der Waals surface area contributed by atoms with Crippen LogP contribution in [0.1, 0.15) is 21.6 Å². The summed E-state index contributed by atoms with van der Waals surface area (Å²) in [4.78, 5) is 12.5. The number of nitrogens with one attached hydrogen (secondary N) is 2. The predicted molar refractivity (Wildman–Crippen MR) is 131 cm³/mol. The number of hydrogen-bond donors (Lipinski definition) is 2. The molecule has 2 N–H and O–H groups in total. The number of amides is 1. The van der Waals surface area contributed by atoms with Gasteiger partial charge in [-0.3, -0.25) is 9.89 Å². The summed E-state index contributed by atoms with van der Waals surface area (Å²) in [5.41, 5.74) is 5.46. The first-order valence-corrected chi connectivity index (χ1v) is 10.9. The molecule has 0 aliphatic heterocycles. The van der Waals surface area contributed by atoms with Crippen LogP contribution in [0.5, 0.6) is 5.75 Å². The summed E-state index contributed by atoms with van der Waals surface area (Å²) in [5.74, 6) is 0.163. The Morgan fingerprint density at radius 2 is 1.79 bits per heavy atom. The standard InChI is InChI=1S/C24H17Cl3N4O2/c25-17-10-9-15(20(27)11-17)13-28-31-24(32)22-12-21(29-30-22)18-6-2-4-8-23(18)33-14-16-5-1-3-7-19(16)26/h1-13H,14H2,(H,29,30)(H,31,32)/b28-13+. The highest BCUT2D eigenvalue weighted by molar-refractivity contribution is 6.36. The third kappa shape index (κ3) is 5.73. The quantitative estimate of drug-likeness (QED) is 0.229. The number of carbonyl (C=O) groups excluding carboxylic acids is 1. The molecule has 33 heavy (non-hydrogen) atoms.